The van der Waals surface area contributed by atoms with E-state index in [1.807, 2.05) is 12.1 Å². The van der Waals surface area contributed by atoms with Crippen molar-refractivity contribution < 1.29 is 32.5 Å². The molecule has 1 saturated carbocycles. The fraction of sp³-hybridized carbons (Fsp3) is 0.583. The Morgan fingerprint density at radius 1 is 1.15 bits per heavy atom. The number of ether oxygens (including phenoxy) is 3. The Morgan fingerprint density at radius 3 is 2.79 bits per heavy atom. The van der Waals surface area contributed by atoms with Crippen molar-refractivity contribution in [2.45, 2.75) is 86.8 Å². The summed E-state index contributed by atoms with van der Waals surface area (Å²) in [5, 5.41) is 11.0. The molecule has 2 aliphatic carbocycles. The summed E-state index contributed by atoms with van der Waals surface area (Å²) >= 11 is 6.41. The van der Waals surface area contributed by atoms with Crippen LogP contribution >= 0.6 is 11.6 Å². The minimum Gasteiger partial charge on any atom is -0.490 e. The average molecular weight is 685 g/mol. The molecule has 3 heterocycles. The highest BCUT2D eigenvalue weighted by atomic mass is 35.5. The first-order valence-corrected chi connectivity index (χ1v) is 18.9. The van der Waals surface area contributed by atoms with E-state index in [1.165, 1.54) is 18.2 Å². The molecule has 0 aromatic heterocycles. The zero-order valence-corrected chi connectivity index (χ0v) is 28.5. The molecule has 2 bridgehead atoms. The standard InChI is InChI=1S/C36H45ClN2O7S/c1-44-33-8-2-7-31(40)28-12-9-25(28)20-39-21-36(15-3-5-23-17-26(37)11-13-29(23)36)22-46-32-14-10-24(18-30(32)39)35(41)38-47(42,43)34(33)19-27-6-4-16-45-27/h2,7,10-11,13-14,17-18,25,27-28,31,33-34,40H,3-6,8-9,12,15-16,19-22H2,1H3,(H,38,41)/b7-2-/t25-,27+,28+,31-,33+,34-,36-/m0/s1. The number of anilines is 1. The molecule has 47 heavy (non-hydrogen) atoms. The fourth-order valence-corrected chi connectivity index (χ4v) is 10.3. The van der Waals surface area contributed by atoms with Crippen LogP contribution in [-0.4, -0.2) is 76.4 Å². The lowest BCUT2D eigenvalue weighted by Crippen LogP contribution is -2.49. The predicted octanol–water partition coefficient (Wildman–Crippen LogP) is 5.17. The Hall–Kier alpha value is -2.63. The molecule has 5 aliphatic rings. The number of aliphatic hydroxyl groups excluding tert-OH is 1. The Kier molecular flexibility index (Phi) is 9.34. The number of benzene rings is 2. The van der Waals surface area contributed by atoms with Gasteiger partial charge in [0.1, 0.15) is 11.0 Å². The van der Waals surface area contributed by atoms with Gasteiger partial charge in [-0.25, -0.2) is 13.1 Å². The topological polar surface area (TPSA) is 114 Å². The largest absolute Gasteiger partial charge is 0.490 e. The molecular formula is C36H45ClN2O7S. The third-order valence-corrected chi connectivity index (χ3v) is 13.2. The summed E-state index contributed by atoms with van der Waals surface area (Å²) in [5.74, 6) is 0.285. The molecule has 254 valence electrons. The molecule has 2 N–H and O–H groups in total. The van der Waals surface area contributed by atoms with Crippen molar-refractivity contribution in [1.29, 1.82) is 0 Å². The van der Waals surface area contributed by atoms with E-state index in [-0.39, 0.29) is 41.8 Å². The summed E-state index contributed by atoms with van der Waals surface area (Å²) < 4.78 is 48.4. The summed E-state index contributed by atoms with van der Waals surface area (Å²) in [6.07, 6.45) is 8.95. The first-order chi connectivity index (χ1) is 22.7. The summed E-state index contributed by atoms with van der Waals surface area (Å²) in [6, 6.07) is 11.3. The molecule has 1 saturated heterocycles. The van der Waals surface area contributed by atoms with Gasteiger partial charge in [0.15, 0.2) is 0 Å². The van der Waals surface area contributed by atoms with Gasteiger partial charge in [-0.1, -0.05) is 29.8 Å². The van der Waals surface area contributed by atoms with Crippen molar-refractivity contribution in [3.05, 3.63) is 70.3 Å². The average Bonchev–Trinajstić information content (AvgIpc) is 3.50. The zero-order chi connectivity index (χ0) is 32.8. The van der Waals surface area contributed by atoms with Crippen molar-refractivity contribution in [2.75, 3.05) is 38.3 Å². The highest BCUT2D eigenvalue weighted by Gasteiger charge is 2.45. The maximum absolute atomic E-state index is 13.9. The van der Waals surface area contributed by atoms with Gasteiger partial charge in [-0.2, -0.15) is 0 Å². The highest BCUT2D eigenvalue weighted by molar-refractivity contribution is 7.90. The van der Waals surface area contributed by atoms with E-state index in [2.05, 4.69) is 21.8 Å². The third-order valence-electron chi connectivity index (χ3n) is 11.2. The van der Waals surface area contributed by atoms with Crippen molar-refractivity contribution in [3.63, 3.8) is 0 Å². The van der Waals surface area contributed by atoms with Gasteiger partial charge >= 0.3 is 0 Å². The molecule has 2 aromatic carbocycles. The van der Waals surface area contributed by atoms with E-state index in [0.29, 0.717) is 32.1 Å². The third kappa shape index (κ3) is 6.56. The molecule has 7 rings (SSSR count). The van der Waals surface area contributed by atoms with Crippen molar-refractivity contribution in [3.8, 4) is 5.75 Å². The summed E-state index contributed by atoms with van der Waals surface area (Å²) in [6.45, 7) is 2.43. The molecule has 0 radical (unpaired) electrons. The normalized spacial score (nSPS) is 34.3. The first kappa shape index (κ1) is 32.9. The molecule has 2 aromatic rings. The summed E-state index contributed by atoms with van der Waals surface area (Å²) in [7, 11) is -2.69. The number of rotatable bonds is 3. The molecule has 2 fully saturated rings. The van der Waals surface area contributed by atoms with Gasteiger partial charge in [-0.3, -0.25) is 4.79 Å². The molecule has 1 amide bonds. The lowest BCUT2D eigenvalue weighted by molar-refractivity contribution is 0.0447. The van der Waals surface area contributed by atoms with Gasteiger partial charge in [0.05, 0.1) is 30.6 Å². The van der Waals surface area contributed by atoms with Gasteiger partial charge in [0.2, 0.25) is 10.0 Å². The first-order valence-electron chi connectivity index (χ1n) is 17.0. The second-order valence-electron chi connectivity index (χ2n) is 14.1. The number of sulfonamides is 1. The van der Waals surface area contributed by atoms with E-state index in [1.54, 1.807) is 24.3 Å². The van der Waals surface area contributed by atoms with Gasteiger partial charge in [-0.15, -0.1) is 0 Å². The van der Waals surface area contributed by atoms with E-state index in [9.17, 15) is 18.3 Å². The molecular weight excluding hydrogens is 640 g/mol. The number of hydrogen-bond donors (Lipinski definition) is 2. The van der Waals surface area contributed by atoms with Crippen LogP contribution in [0.2, 0.25) is 5.02 Å². The molecule has 1 spiro atoms. The van der Waals surface area contributed by atoms with Gasteiger partial charge in [-0.05, 0) is 111 Å². The highest BCUT2D eigenvalue weighted by Crippen LogP contribution is 2.47. The van der Waals surface area contributed by atoms with Crippen LogP contribution in [0.25, 0.3) is 0 Å². The van der Waals surface area contributed by atoms with E-state index < -0.39 is 33.4 Å². The summed E-state index contributed by atoms with van der Waals surface area (Å²) in [5.41, 5.74) is 3.21. The number of hydrogen-bond acceptors (Lipinski definition) is 8. The number of carbonyl (C=O) groups excluding carboxylic acids is 1. The number of aryl methyl sites for hydroxylation is 1. The number of nitrogens with zero attached hydrogens (tertiary/aromatic N) is 1. The van der Waals surface area contributed by atoms with E-state index >= 15 is 0 Å². The second kappa shape index (κ2) is 13.3. The SMILES string of the molecule is CO[C@@H]1C/C=C\[C@H](O)[C@@H]2CC[C@H]2CN2C[C@@]3(CCCc4cc(Cl)ccc43)COc3ccc(cc32)C(=O)NS(=O)(=O)[C@H]1C[C@H]1CCCO1. The van der Waals surface area contributed by atoms with Crippen LogP contribution in [0, 0.1) is 11.8 Å². The van der Waals surface area contributed by atoms with Crippen molar-refractivity contribution in [2.24, 2.45) is 11.8 Å². The van der Waals surface area contributed by atoms with Crippen molar-refractivity contribution >= 4 is 33.2 Å². The number of carbonyl (C=O) groups is 1. The Bertz CT molecular complexity index is 1630. The smallest absolute Gasteiger partial charge is 0.264 e. The number of nitrogens with one attached hydrogen (secondary N) is 1. The van der Waals surface area contributed by atoms with Crippen LogP contribution in [0.15, 0.2) is 48.6 Å². The Balaban J connectivity index is 1.27. The molecule has 11 heteroatoms. The van der Waals surface area contributed by atoms with E-state index in [0.717, 1.165) is 55.7 Å². The summed E-state index contributed by atoms with van der Waals surface area (Å²) in [4.78, 5) is 16.1. The van der Waals surface area contributed by atoms with Gasteiger partial charge in [0, 0.05) is 42.8 Å². The Labute approximate surface area is 282 Å². The van der Waals surface area contributed by atoms with Crippen LogP contribution in [0.5, 0.6) is 5.75 Å². The van der Waals surface area contributed by atoms with Crippen LogP contribution in [0.3, 0.4) is 0 Å². The van der Waals surface area contributed by atoms with Crippen LogP contribution in [0.1, 0.15) is 72.9 Å². The minimum absolute atomic E-state index is 0.0686. The zero-order valence-electron chi connectivity index (χ0n) is 26.9. The number of methoxy groups -OCH3 is 1. The Morgan fingerprint density at radius 2 is 2.02 bits per heavy atom. The van der Waals surface area contributed by atoms with Crippen LogP contribution in [-0.2, 0) is 31.3 Å². The van der Waals surface area contributed by atoms with Crippen LogP contribution in [0.4, 0.5) is 5.69 Å². The van der Waals surface area contributed by atoms with Gasteiger partial charge < -0.3 is 24.2 Å². The number of amides is 1. The predicted molar refractivity (Wildman–Crippen MR) is 181 cm³/mol. The number of aliphatic hydroxyl groups is 1. The second-order valence-corrected chi connectivity index (χ2v) is 16.4. The minimum atomic E-state index is -4.18. The lowest BCUT2D eigenvalue weighted by atomic mass is 9.68. The fourth-order valence-electron chi connectivity index (χ4n) is 8.54. The molecule has 3 aliphatic heterocycles. The van der Waals surface area contributed by atoms with E-state index in [4.69, 9.17) is 25.8 Å². The van der Waals surface area contributed by atoms with Crippen molar-refractivity contribution in [1.82, 2.24) is 4.72 Å². The number of halogens is 1. The molecule has 7 atom stereocenters. The number of fused-ring (bicyclic) bond motifs is 4. The molecule has 9 nitrogen and oxygen atoms in total. The lowest BCUT2D eigenvalue weighted by Gasteiger charge is -2.45. The van der Waals surface area contributed by atoms with Crippen LogP contribution < -0.4 is 14.4 Å². The monoisotopic (exact) mass is 684 g/mol. The maximum atomic E-state index is 13.9. The maximum Gasteiger partial charge on any atom is 0.264 e. The van der Waals surface area contributed by atoms with Gasteiger partial charge in [0.25, 0.3) is 5.91 Å². The quantitative estimate of drug-likeness (QED) is 0.426. The molecule has 0 unspecified atom stereocenters.